The number of benzene rings is 2. The van der Waals surface area contributed by atoms with E-state index in [1.54, 1.807) is 6.07 Å². The van der Waals surface area contributed by atoms with Crippen molar-refractivity contribution in [3.63, 3.8) is 0 Å². The van der Waals surface area contributed by atoms with Crippen molar-refractivity contribution in [3.8, 4) is 0 Å². The predicted octanol–water partition coefficient (Wildman–Crippen LogP) is 3.55. The van der Waals surface area contributed by atoms with E-state index < -0.39 is 0 Å². The standard InChI is InChI=1S/C14H10O.C3H4N2S/c15-14-12-7-3-1-5-10(12)9-11-6-2-4-8-13(11)14;4-3-1-2-6-5-3/h1-8H,9H2;1-2H,(H2,4,5). The van der Waals surface area contributed by atoms with Gasteiger partial charge in [-0.15, -0.1) is 0 Å². The van der Waals surface area contributed by atoms with Gasteiger partial charge >= 0.3 is 0 Å². The molecule has 0 atom stereocenters. The lowest BCUT2D eigenvalue weighted by atomic mass is 9.85. The molecule has 1 heterocycles. The Morgan fingerprint density at radius 2 is 1.48 bits per heavy atom. The molecule has 0 fully saturated rings. The summed E-state index contributed by atoms with van der Waals surface area (Å²) in [6.07, 6.45) is 0.873. The van der Waals surface area contributed by atoms with Crippen molar-refractivity contribution in [2.45, 2.75) is 6.42 Å². The number of rotatable bonds is 0. The van der Waals surface area contributed by atoms with Crippen molar-refractivity contribution < 1.29 is 4.79 Å². The first-order valence-electron chi connectivity index (χ1n) is 6.62. The molecule has 0 radical (unpaired) electrons. The van der Waals surface area contributed by atoms with Gasteiger partial charge in [-0.3, -0.25) is 4.79 Å². The molecule has 0 spiro atoms. The Morgan fingerprint density at radius 3 is 1.90 bits per heavy atom. The highest BCUT2D eigenvalue weighted by atomic mass is 32.1. The fraction of sp³-hybridized carbons (Fsp3) is 0.0588. The van der Waals surface area contributed by atoms with Crippen LogP contribution in [-0.2, 0) is 6.42 Å². The fourth-order valence-corrected chi connectivity index (χ4v) is 2.81. The van der Waals surface area contributed by atoms with Gasteiger partial charge in [-0.1, -0.05) is 48.5 Å². The van der Waals surface area contributed by atoms with Crippen molar-refractivity contribution in [1.29, 1.82) is 0 Å². The zero-order valence-electron chi connectivity index (χ0n) is 11.3. The summed E-state index contributed by atoms with van der Waals surface area (Å²) in [5.74, 6) is 0.771. The normalized spacial score (nSPS) is 11.9. The van der Waals surface area contributed by atoms with Gasteiger partial charge in [0.1, 0.15) is 5.82 Å². The lowest BCUT2D eigenvalue weighted by Crippen LogP contribution is -2.14. The zero-order valence-corrected chi connectivity index (χ0v) is 12.1. The number of fused-ring (bicyclic) bond motifs is 2. The van der Waals surface area contributed by atoms with Crippen LogP contribution in [0.5, 0.6) is 0 Å². The third-order valence-corrected chi connectivity index (χ3v) is 3.94. The van der Waals surface area contributed by atoms with Crippen LogP contribution in [0.15, 0.2) is 60.0 Å². The van der Waals surface area contributed by atoms with E-state index in [1.165, 1.54) is 11.5 Å². The van der Waals surface area contributed by atoms with Gasteiger partial charge < -0.3 is 5.73 Å². The minimum absolute atomic E-state index is 0.160. The molecule has 4 rings (SSSR count). The molecule has 2 N–H and O–H groups in total. The van der Waals surface area contributed by atoms with Gasteiger partial charge in [0, 0.05) is 16.5 Å². The van der Waals surface area contributed by atoms with Crippen LogP contribution in [0.25, 0.3) is 0 Å². The molecule has 0 saturated carbocycles. The Balaban J connectivity index is 0.000000186. The summed E-state index contributed by atoms with van der Waals surface area (Å²) in [4.78, 5) is 12.1. The minimum Gasteiger partial charge on any atom is -0.383 e. The number of ketones is 1. The van der Waals surface area contributed by atoms with E-state index in [2.05, 4.69) is 4.37 Å². The highest BCUT2D eigenvalue weighted by Gasteiger charge is 2.21. The monoisotopic (exact) mass is 294 g/mol. The Labute approximate surface area is 127 Å². The van der Waals surface area contributed by atoms with E-state index in [1.807, 2.05) is 53.9 Å². The first-order chi connectivity index (χ1) is 10.3. The highest BCUT2D eigenvalue weighted by molar-refractivity contribution is 7.03. The molecule has 0 aliphatic heterocycles. The molecule has 3 nitrogen and oxygen atoms in total. The van der Waals surface area contributed by atoms with Gasteiger partial charge in [0.2, 0.25) is 0 Å². The van der Waals surface area contributed by atoms with Gasteiger partial charge in [-0.2, -0.15) is 4.37 Å². The Morgan fingerprint density at radius 1 is 0.905 bits per heavy atom. The smallest absolute Gasteiger partial charge is 0.193 e. The van der Waals surface area contributed by atoms with Crippen LogP contribution in [0.1, 0.15) is 27.0 Å². The number of aromatic nitrogens is 1. The summed E-state index contributed by atoms with van der Waals surface area (Å²) in [5.41, 5.74) is 9.17. The molecular weight excluding hydrogens is 280 g/mol. The predicted molar refractivity (Wildman–Crippen MR) is 85.6 cm³/mol. The number of carbonyl (C=O) groups is 1. The SMILES string of the molecule is Nc1ccsn1.O=C1c2ccccc2Cc2ccccc21. The van der Waals surface area contributed by atoms with E-state index in [-0.39, 0.29) is 5.78 Å². The molecule has 104 valence electrons. The lowest BCUT2D eigenvalue weighted by molar-refractivity contribution is 0.103. The summed E-state index contributed by atoms with van der Waals surface area (Å²) in [5, 5.41) is 1.84. The largest absolute Gasteiger partial charge is 0.383 e. The van der Waals surface area contributed by atoms with E-state index in [0.29, 0.717) is 5.82 Å². The number of carbonyl (C=O) groups excluding carboxylic acids is 1. The van der Waals surface area contributed by atoms with Crippen molar-refractivity contribution >= 4 is 23.1 Å². The summed E-state index contributed by atoms with van der Waals surface area (Å²) >= 11 is 1.36. The number of nitrogens with two attached hydrogens (primary N) is 1. The molecule has 0 bridgehead atoms. The van der Waals surface area contributed by atoms with Crippen LogP contribution in [0, 0.1) is 0 Å². The summed E-state index contributed by atoms with van der Waals surface area (Å²) in [6.45, 7) is 0. The molecule has 2 aromatic carbocycles. The molecule has 0 unspecified atom stereocenters. The van der Waals surface area contributed by atoms with Gasteiger partial charge in [-0.25, -0.2) is 0 Å². The molecule has 1 aliphatic carbocycles. The Kier molecular flexibility index (Phi) is 3.79. The third kappa shape index (κ3) is 2.85. The van der Waals surface area contributed by atoms with Crippen molar-refractivity contribution in [1.82, 2.24) is 4.37 Å². The molecular formula is C17H14N2OS. The second-order valence-corrected chi connectivity index (χ2v) is 5.41. The van der Waals surface area contributed by atoms with Crippen molar-refractivity contribution in [3.05, 3.63) is 82.2 Å². The van der Waals surface area contributed by atoms with Crippen LogP contribution in [-0.4, -0.2) is 10.2 Å². The number of hydrogen-bond acceptors (Lipinski definition) is 4. The molecule has 4 heteroatoms. The number of nitrogen functional groups attached to an aromatic ring is 1. The van der Waals surface area contributed by atoms with Crippen LogP contribution in [0.3, 0.4) is 0 Å². The van der Waals surface area contributed by atoms with Crippen molar-refractivity contribution in [2.75, 3.05) is 5.73 Å². The first-order valence-corrected chi connectivity index (χ1v) is 7.46. The van der Waals surface area contributed by atoms with Crippen LogP contribution in [0.2, 0.25) is 0 Å². The number of anilines is 1. The maximum absolute atomic E-state index is 12.1. The van der Waals surface area contributed by atoms with Gasteiger partial charge in [0.15, 0.2) is 5.78 Å². The lowest BCUT2D eigenvalue weighted by Gasteiger charge is -2.17. The summed E-state index contributed by atoms with van der Waals surface area (Å²) in [6, 6.07) is 17.5. The first kappa shape index (κ1) is 13.5. The zero-order chi connectivity index (χ0) is 14.7. The highest BCUT2D eigenvalue weighted by Crippen LogP contribution is 2.26. The van der Waals surface area contributed by atoms with Crippen LogP contribution < -0.4 is 5.73 Å². The number of nitrogens with zero attached hydrogens (tertiary/aromatic N) is 1. The van der Waals surface area contributed by atoms with E-state index in [0.717, 1.165) is 28.7 Å². The van der Waals surface area contributed by atoms with E-state index in [4.69, 9.17) is 5.73 Å². The molecule has 21 heavy (non-hydrogen) atoms. The van der Waals surface area contributed by atoms with E-state index >= 15 is 0 Å². The summed E-state index contributed by atoms with van der Waals surface area (Å²) < 4.78 is 3.74. The van der Waals surface area contributed by atoms with E-state index in [9.17, 15) is 4.79 Å². The Hall–Kier alpha value is -2.46. The fourth-order valence-electron chi connectivity index (χ4n) is 2.36. The average Bonchev–Trinajstić information content (AvgIpc) is 2.99. The van der Waals surface area contributed by atoms with Gasteiger partial charge in [0.25, 0.3) is 0 Å². The second-order valence-electron chi connectivity index (χ2n) is 4.74. The Bertz CT molecular complexity index is 718. The van der Waals surface area contributed by atoms with Gasteiger partial charge in [-0.05, 0) is 35.1 Å². The maximum atomic E-state index is 12.1. The quantitative estimate of drug-likeness (QED) is 0.539. The molecule has 0 saturated heterocycles. The number of hydrogen-bond donors (Lipinski definition) is 1. The molecule has 1 aliphatic rings. The minimum atomic E-state index is 0.160. The van der Waals surface area contributed by atoms with Crippen LogP contribution in [0.4, 0.5) is 5.82 Å². The average molecular weight is 294 g/mol. The maximum Gasteiger partial charge on any atom is 0.193 e. The summed E-state index contributed by atoms with van der Waals surface area (Å²) in [7, 11) is 0. The van der Waals surface area contributed by atoms with Gasteiger partial charge in [0.05, 0.1) is 0 Å². The topological polar surface area (TPSA) is 56.0 Å². The molecule has 1 aromatic heterocycles. The van der Waals surface area contributed by atoms with Crippen LogP contribution >= 0.6 is 11.5 Å². The molecule has 3 aromatic rings. The van der Waals surface area contributed by atoms with Crippen molar-refractivity contribution in [2.24, 2.45) is 0 Å². The molecule has 0 amide bonds. The third-order valence-electron chi connectivity index (χ3n) is 3.36. The second kappa shape index (κ2) is 5.89.